The second-order valence-electron chi connectivity index (χ2n) is 6.62. The van der Waals surface area contributed by atoms with E-state index < -0.39 is 34.2 Å². The van der Waals surface area contributed by atoms with Gasteiger partial charge in [0.15, 0.2) is 5.03 Å². The van der Waals surface area contributed by atoms with E-state index in [1.165, 1.54) is 18.3 Å². The van der Waals surface area contributed by atoms with E-state index in [1.807, 2.05) is 30.3 Å². The van der Waals surface area contributed by atoms with Crippen molar-refractivity contribution in [2.75, 3.05) is 6.54 Å². The number of ether oxygens (including phenoxy) is 2. The van der Waals surface area contributed by atoms with Crippen molar-refractivity contribution in [1.29, 1.82) is 0 Å². The monoisotopic (exact) mass is 406 g/mol. The fourth-order valence-electron chi connectivity index (χ4n) is 3.12. The fraction of sp³-hybridized carbons (Fsp3) is 0.368. The van der Waals surface area contributed by atoms with E-state index in [1.54, 1.807) is 13.8 Å². The smallest absolute Gasteiger partial charge is 0.324 e. The van der Waals surface area contributed by atoms with E-state index in [9.17, 15) is 18.3 Å². The van der Waals surface area contributed by atoms with Crippen LogP contribution in [0.4, 0.5) is 0 Å². The van der Waals surface area contributed by atoms with Crippen LogP contribution >= 0.6 is 0 Å². The summed E-state index contributed by atoms with van der Waals surface area (Å²) in [7, 11) is -4.10. The first-order valence-corrected chi connectivity index (χ1v) is 10.3. The zero-order valence-electron chi connectivity index (χ0n) is 15.6. The van der Waals surface area contributed by atoms with Crippen LogP contribution in [-0.2, 0) is 26.2 Å². The van der Waals surface area contributed by atoms with E-state index in [4.69, 9.17) is 9.47 Å². The average molecular weight is 406 g/mol. The summed E-state index contributed by atoms with van der Waals surface area (Å²) in [6.07, 6.45) is 0.122. The van der Waals surface area contributed by atoms with Gasteiger partial charge in [-0.3, -0.25) is 4.79 Å². The molecule has 1 aliphatic heterocycles. The maximum absolute atomic E-state index is 13.0. The summed E-state index contributed by atoms with van der Waals surface area (Å²) in [6, 6.07) is 11.1. The molecule has 8 nitrogen and oxygen atoms in total. The van der Waals surface area contributed by atoms with Crippen LogP contribution in [0.1, 0.15) is 19.4 Å². The third kappa shape index (κ3) is 4.32. The molecule has 28 heavy (non-hydrogen) atoms. The van der Waals surface area contributed by atoms with Crippen molar-refractivity contribution < 1.29 is 27.8 Å². The number of carboxylic acids is 1. The van der Waals surface area contributed by atoms with E-state index in [2.05, 4.69) is 4.98 Å². The predicted molar refractivity (Wildman–Crippen MR) is 100 cm³/mol. The van der Waals surface area contributed by atoms with Crippen molar-refractivity contribution in [1.82, 2.24) is 9.29 Å². The largest absolute Gasteiger partial charge is 0.487 e. The summed E-state index contributed by atoms with van der Waals surface area (Å²) >= 11 is 0. The van der Waals surface area contributed by atoms with Gasteiger partial charge in [0.1, 0.15) is 18.4 Å². The van der Waals surface area contributed by atoms with E-state index in [-0.39, 0.29) is 11.6 Å². The topological polar surface area (TPSA) is 106 Å². The maximum Gasteiger partial charge on any atom is 0.324 e. The molecule has 2 heterocycles. The number of hydrogen-bond acceptors (Lipinski definition) is 6. The second-order valence-corrected chi connectivity index (χ2v) is 8.45. The summed E-state index contributed by atoms with van der Waals surface area (Å²) in [6.45, 7) is 3.52. The van der Waals surface area contributed by atoms with Crippen molar-refractivity contribution in [3.63, 3.8) is 0 Å². The Hall–Kier alpha value is -2.49. The number of rotatable bonds is 6. The number of pyridine rings is 1. The zero-order valence-corrected chi connectivity index (χ0v) is 16.4. The Morgan fingerprint density at radius 2 is 1.96 bits per heavy atom. The Kier molecular flexibility index (Phi) is 5.97. The lowest BCUT2D eigenvalue weighted by atomic mass is 10.1. The molecule has 1 aromatic carbocycles. The minimum Gasteiger partial charge on any atom is -0.487 e. The molecule has 0 spiro atoms. The first-order valence-electron chi connectivity index (χ1n) is 8.82. The fourth-order valence-corrected chi connectivity index (χ4v) is 4.76. The lowest BCUT2D eigenvalue weighted by Crippen LogP contribution is -2.58. The molecule has 0 aliphatic carbocycles. The number of aromatic nitrogens is 1. The molecule has 9 heteroatoms. The Morgan fingerprint density at radius 3 is 2.57 bits per heavy atom. The minimum atomic E-state index is -4.10. The van der Waals surface area contributed by atoms with Crippen LogP contribution in [0.2, 0.25) is 0 Å². The summed E-state index contributed by atoms with van der Waals surface area (Å²) in [5.74, 6) is -0.841. The molecule has 0 amide bonds. The highest BCUT2D eigenvalue weighted by Crippen LogP contribution is 2.26. The molecule has 3 atom stereocenters. The van der Waals surface area contributed by atoms with Gasteiger partial charge in [-0.15, -0.1) is 0 Å². The third-order valence-corrected chi connectivity index (χ3v) is 6.19. The van der Waals surface area contributed by atoms with E-state index in [0.717, 1.165) is 9.87 Å². The Morgan fingerprint density at radius 1 is 1.25 bits per heavy atom. The van der Waals surface area contributed by atoms with Crippen LogP contribution in [0.3, 0.4) is 0 Å². The first kappa shape index (κ1) is 20.2. The van der Waals surface area contributed by atoms with Crippen LogP contribution < -0.4 is 4.74 Å². The van der Waals surface area contributed by atoms with Gasteiger partial charge < -0.3 is 14.6 Å². The number of aliphatic carboxylic acids is 1. The molecule has 2 aromatic rings. The third-order valence-electron chi connectivity index (χ3n) is 4.42. The number of hydrogen-bond donors (Lipinski definition) is 1. The number of carbonyl (C=O) groups is 1. The molecule has 3 rings (SSSR count). The molecular weight excluding hydrogens is 384 g/mol. The van der Waals surface area contributed by atoms with Gasteiger partial charge in [0.05, 0.1) is 18.4 Å². The van der Waals surface area contributed by atoms with Gasteiger partial charge >= 0.3 is 5.97 Å². The Balaban J connectivity index is 1.78. The molecule has 3 unspecified atom stereocenters. The van der Waals surface area contributed by atoms with Gasteiger partial charge in [0.25, 0.3) is 10.0 Å². The zero-order chi connectivity index (χ0) is 20.3. The minimum absolute atomic E-state index is 0.0580. The molecule has 1 fully saturated rings. The van der Waals surface area contributed by atoms with Crippen molar-refractivity contribution >= 4 is 16.0 Å². The Labute approximate surface area is 163 Å². The lowest BCUT2D eigenvalue weighted by Gasteiger charge is -2.39. The number of sulfonamides is 1. The highest BCUT2D eigenvalue weighted by Gasteiger charge is 2.45. The molecular formula is C19H22N2O6S. The standard InChI is InChI=1S/C19H22N2O6S/c1-13-11-21(18(19(22)23)14(2)27-13)28(24,25)17-9-8-16(10-20-17)26-12-15-6-4-3-5-7-15/h3-10,13-14,18H,11-12H2,1-2H3,(H,22,23). The second kappa shape index (κ2) is 8.26. The first-order chi connectivity index (χ1) is 13.3. The summed E-state index contributed by atoms with van der Waals surface area (Å²) in [5.41, 5.74) is 0.972. The summed E-state index contributed by atoms with van der Waals surface area (Å²) < 4.78 is 38.0. The summed E-state index contributed by atoms with van der Waals surface area (Å²) in [5, 5.41) is 9.24. The van der Waals surface area contributed by atoms with Gasteiger partial charge in [0.2, 0.25) is 0 Å². The van der Waals surface area contributed by atoms with Gasteiger partial charge in [-0.2, -0.15) is 4.31 Å². The highest BCUT2D eigenvalue weighted by atomic mass is 32.2. The number of benzene rings is 1. The number of nitrogens with zero attached hydrogens (tertiary/aromatic N) is 2. The lowest BCUT2D eigenvalue weighted by molar-refractivity contribution is -0.155. The molecule has 0 radical (unpaired) electrons. The van der Waals surface area contributed by atoms with Crippen LogP contribution in [0.15, 0.2) is 53.7 Å². The molecule has 1 saturated heterocycles. The van der Waals surface area contributed by atoms with Crippen LogP contribution in [0, 0.1) is 0 Å². The van der Waals surface area contributed by atoms with Gasteiger partial charge in [-0.05, 0) is 31.5 Å². The predicted octanol–water partition coefficient (Wildman–Crippen LogP) is 1.91. The Bertz CT molecular complexity index is 917. The molecule has 0 saturated carbocycles. The molecule has 150 valence electrons. The van der Waals surface area contributed by atoms with Crippen molar-refractivity contribution in [3.8, 4) is 5.75 Å². The van der Waals surface area contributed by atoms with Crippen molar-refractivity contribution in [3.05, 3.63) is 54.2 Å². The number of carboxylic acid groups (broad SMARTS) is 1. The van der Waals surface area contributed by atoms with Gasteiger partial charge in [-0.1, -0.05) is 30.3 Å². The number of morpholine rings is 1. The van der Waals surface area contributed by atoms with Gasteiger partial charge in [0, 0.05) is 6.54 Å². The van der Waals surface area contributed by atoms with Gasteiger partial charge in [-0.25, -0.2) is 13.4 Å². The van der Waals surface area contributed by atoms with Crippen LogP contribution in [0.25, 0.3) is 0 Å². The van der Waals surface area contributed by atoms with Crippen molar-refractivity contribution in [2.24, 2.45) is 0 Å². The molecule has 1 aromatic heterocycles. The summed E-state index contributed by atoms with van der Waals surface area (Å²) in [4.78, 5) is 15.6. The quantitative estimate of drug-likeness (QED) is 0.781. The maximum atomic E-state index is 13.0. The van der Waals surface area contributed by atoms with Crippen molar-refractivity contribution in [2.45, 2.75) is 43.7 Å². The van der Waals surface area contributed by atoms with Crippen LogP contribution in [0.5, 0.6) is 5.75 Å². The molecule has 1 aliphatic rings. The SMILES string of the molecule is CC1CN(S(=O)(=O)c2ccc(OCc3ccccc3)cn2)C(C(=O)O)C(C)O1. The van der Waals surface area contributed by atoms with Crippen LogP contribution in [-0.4, -0.2) is 53.6 Å². The molecule has 1 N–H and O–H groups in total. The molecule has 0 bridgehead atoms. The van der Waals surface area contributed by atoms with E-state index in [0.29, 0.717) is 12.4 Å². The van der Waals surface area contributed by atoms with E-state index >= 15 is 0 Å². The average Bonchev–Trinajstić information content (AvgIpc) is 2.66. The highest BCUT2D eigenvalue weighted by molar-refractivity contribution is 7.89. The normalized spacial score (nSPS) is 23.3.